The maximum Gasteiger partial charge on any atom is 0.241 e. The third-order valence-corrected chi connectivity index (χ3v) is 6.25. The van der Waals surface area contributed by atoms with Gasteiger partial charge < -0.3 is 14.6 Å². The second kappa shape index (κ2) is 11.3. The predicted molar refractivity (Wildman–Crippen MR) is 127 cm³/mol. The molecule has 0 saturated carbocycles. The number of methoxy groups -OCH3 is 1. The minimum atomic E-state index is 0.0554. The van der Waals surface area contributed by atoms with Crippen LogP contribution < -0.4 is 10.1 Å². The number of hydrogen-bond acceptors (Lipinski definition) is 6. The van der Waals surface area contributed by atoms with Crippen LogP contribution in [0.5, 0.6) is 5.75 Å². The normalized spacial score (nSPS) is 14.8. The Balaban J connectivity index is 1.17. The smallest absolute Gasteiger partial charge is 0.241 e. The highest BCUT2D eigenvalue weighted by Crippen LogP contribution is 2.22. The number of carbonyl (C=O) groups excluding carboxylic acids is 1. The van der Waals surface area contributed by atoms with E-state index in [9.17, 15) is 4.79 Å². The summed E-state index contributed by atoms with van der Waals surface area (Å²) in [6.07, 6.45) is 3.43. The Morgan fingerprint density at radius 1 is 1.18 bits per heavy atom. The molecular formula is C25H29ClN4O3. The molecule has 33 heavy (non-hydrogen) atoms. The zero-order valence-corrected chi connectivity index (χ0v) is 19.6. The first-order valence-corrected chi connectivity index (χ1v) is 11.7. The number of aromatic nitrogens is 2. The molecule has 8 heteroatoms. The van der Waals surface area contributed by atoms with Crippen LogP contribution in [-0.4, -0.2) is 47.7 Å². The Hall–Kier alpha value is -2.90. The van der Waals surface area contributed by atoms with Crippen LogP contribution in [0, 0.1) is 5.92 Å². The van der Waals surface area contributed by atoms with E-state index in [4.69, 9.17) is 20.9 Å². The van der Waals surface area contributed by atoms with Gasteiger partial charge in [0.2, 0.25) is 17.6 Å². The van der Waals surface area contributed by atoms with Gasteiger partial charge in [-0.15, -0.1) is 0 Å². The van der Waals surface area contributed by atoms with E-state index < -0.39 is 0 Å². The molecule has 1 aromatic heterocycles. The number of piperidine rings is 1. The number of carbonyl (C=O) groups is 1. The zero-order chi connectivity index (χ0) is 23.0. The van der Waals surface area contributed by atoms with Crippen molar-refractivity contribution in [2.24, 2.45) is 5.92 Å². The molecule has 3 aromatic rings. The summed E-state index contributed by atoms with van der Waals surface area (Å²) in [5.41, 5.74) is 2.04. The molecule has 2 aromatic carbocycles. The van der Waals surface area contributed by atoms with Crippen LogP contribution in [0.1, 0.15) is 30.7 Å². The van der Waals surface area contributed by atoms with Crippen LogP contribution in [0.25, 0.3) is 11.4 Å². The van der Waals surface area contributed by atoms with Crippen molar-refractivity contribution in [2.75, 3.05) is 26.7 Å². The van der Waals surface area contributed by atoms with Gasteiger partial charge in [0, 0.05) is 23.0 Å². The van der Waals surface area contributed by atoms with Gasteiger partial charge in [0.05, 0.1) is 13.7 Å². The first-order valence-electron chi connectivity index (χ1n) is 11.3. The van der Waals surface area contributed by atoms with Crippen molar-refractivity contribution in [1.82, 2.24) is 20.4 Å². The minimum Gasteiger partial charge on any atom is -0.496 e. The van der Waals surface area contributed by atoms with Gasteiger partial charge in [0.1, 0.15) is 5.75 Å². The number of ether oxygens (including phenoxy) is 1. The molecule has 1 aliphatic rings. The fourth-order valence-electron chi connectivity index (χ4n) is 4.12. The fourth-order valence-corrected chi connectivity index (χ4v) is 4.25. The van der Waals surface area contributed by atoms with Crippen LogP contribution in [0.3, 0.4) is 0 Å². The highest BCUT2D eigenvalue weighted by atomic mass is 35.5. The van der Waals surface area contributed by atoms with Crippen LogP contribution in [0.15, 0.2) is 53.1 Å². The maximum atomic E-state index is 12.6. The molecule has 1 fully saturated rings. The zero-order valence-electron chi connectivity index (χ0n) is 18.8. The molecule has 1 N–H and O–H groups in total. The Kier molecular flexibility index (Phi) is 7.96. The molecule has 174 valence electrons. The molecule has 1 aliphatic heterocycles. The average Bonchev–Trinajstić information content (AvgIpc) is 3.31. The number of nitrogens with one attached hydrogen (secondary N) is 1. The average molecular weight is 469 g/mol. The van der Waals surface area contributed by atoms with E-state index in [0.29, 0.717) is 29.8 Å². The van der Waals surface area contributed by atoms with Crippen molar-refractivity contribution in [1.29, 1.82) is 0 Å². The number of likely N-dealkylation sites (tertiary alicyclic amines) is 1. The van der Waals surface area contributed by atoms with E-state index in [1.807, 2.05) is 30.3 Å². The maximum absolute atomic E-state index is 12.6. The molecule has 2 heterocycles. The molecule has 0 unspecified atom stereocenters. The summed E-state index contributed by atoms with van der Waals surface area (Å²) < 4.78 is 10.8. The fraction of sp³-hybridized carbons (Fsp3) is 0.400. The first-order chi connectivity index (χ1) is 16.1. The van der Waals surface area contributed by atoms with Crippen molar-refractivity contribution in [3.63, 3.8) is 0 Å². The van der Waals surface area contributed by atoms with Crippen molar-refractivity contribution in [3.8, 4) is 17.1 Å². The molecular weight excluding hydrogens is 440 g/mol. The third kappa shape index (κ3) is 6.33. The summed E-state index contributed by atoms with van der Waals surface area (Å²) in [5.74, 6) is 2.25. The van der Waals surface area contributed by atoms with Gasteiger partial charge in [0.25, 0.3) is 0 Å². The number of amides is 1. The van der Waals surface area contributed by atoms with Crippen LogP contribution in [0.2, 0.25) is 5.02 Å². The van der Waals surface area contributed by atoms with Gasteiger partial charge in [-0.1, -0.05) is 35.0 Å². The second-order valence-corrected chi connectivity index (χ2v) is 8.71. The number of hydrogen-bond donors (Lipinski definition) is 1. The van der Waals surface area contributed by atoms with Gasteiger partial charge in [-0.25, -0.2) is 0 Å². The number of rotatable bonds is 9. The lowest BCUT2D eigenvalue weighted by Crippen LogP contribution is -2.40. The van der Waals surface area contributed by atoms with Crippen molar-refractivity contribution < 1.29 is 14.1 Å². The van der Waals surface area contributed by atoms with E-state index in [1.165, 1.54) is 5.56 Å². The van der Waals surface area contributed by atoms with E-state index >= 15 is 0 Å². The van der Waals surface area contributed by atoms with Gasteiger partial charge in [-0.05, 0) is 74.7 Å². The Morgan fingerprint density at radius 2 is 1.94 bits per heavy atom. The number of benzene rings is 2. The third-order valence-electron chi connectivity index (χ3n) is 6.00. The lowest BCUT2D eigenvalue weighted by molar-refractivity contribution is -0.126. The standard InChI is InChI=1S/C25H29ClN4O3/c1-32-22-7-3-2-5-18(22)6-4-14-27-25(31)20-12-15-30(16-13-20)17-23-28-24(29-33-23)19-8-10-21(26)11-9-19/h2-3,5,7-11,20H,4,6,12-17H2,1H3,(H,27,31). The van der Waals surface area contributed by atoms with Crippen LogP contribution in [0.4, 0.5) is 0 Å². The molecule has 1 amide bonds. The quantitative estimate of drug-likeness (QED) is 0.470. The summed E-state index contributed by atoms with van der Waals surface area (Å²) in [6.45, 7) is 2.93. The SMILES string of the molecule is COc1ccccc1CCCNC(=O)C1CCN(Cc2nc(-c3ccc(Cl)cc3)no2)CC1. The Labute approximate surface area is 199 Å². The number of aryl methyl sites for hydroxylation is 1. The molecule has 0 aliphatic carbocycles. The number of halogens is 1. The summed E-state index contributed by atoms with van der Waals surface area (Å²) >= 11 is 5.94. The van der Waals surface area contributed by atoms with Gasteiger partial charge >= 0.3 is 0 Å². The molecule has 0 spiro atoms. The van der Waals surface area contributed by atoms with Crippen LogP contribution >= 0.6 is 11.6 Å². The summed E-state index contributed by atoms with van der Waals surface area (Å²) in [6, 6.07) is 15.4. The van der Waals surface area contributed by atoms with E-state index in [2.05, 4.69) is 26.4 Å². The van der Waals surface area contributed by atoms with Gasteiger partial charge in [0.15, 0.2) is 0 Å². The molecule has 4 rings (SSSR count). The number of para-hydroxylation sites is 1. The van der Waals surface area contributed by atoms with Gasteiger partial charge in [-0.3, -0.25) is 9.69 Å². The summed E-state index contributed by atoms with van der Waals surface area (Å²) in [4.78, 5) is 19.3. The Morgan fingerprint density at radius 3 is 2.70 bits per heavy atom. The minimum absolute atomic E-state index is 0.0554. The molecule has 7 nitrogen and oxygen atoms in total. The van der Waals surface area contributed by atoms with Crippen molar-refractivity contribution in [2.45, 2.75) is 32.2 Å². The highest BCUT2D eigenvalue weighted by Gasteiger charge is 2.25. The lowest BCUT2D eigenvalue weighted by Gasteiger charge is -2.30. The Bertz CT molecular complexity index is 1050. The van der Waals surface area contributed by atoms with Gasteiger partial charge in [-0.2, -0.15) is 4.98 Å². The first kappa shape index (κ1) is 23.3. The van der Waals surface area contributed by atoms with E-state index in [0.717, 1.165) is 50.1 Å². The van der Waals surface area contributed by atoms with E-state index in [1.54, 1.807) is 19.2 Å². The molecule has 1 saturated heterocycles. The largest absolute Gasteiger partial charge is 0.496 e. The molecule has 0 radical (unpaired) electrons. The topological polar surface area (TPSA) is 80.5 Å². The molecule has 0 bridgehead atoms. The number of nitrogens with zero attached hydrogens (tertiary/aromatic N) is 3. The highest BCUT2D eigenvalue weighted by molar-refractivity contribution is 6.30. The van der Waals surface area contributed by atoms with Crippen molar-refractivity contribution >= 4 is 17.5 Å². The summed E-state index contributed by atoms with van der Waals surface area (Å²) in [5, 5.41) is 7.85. The summed E-state index contributed by atoms with van der Waals surface area (Å²) in [7, 11) is 1.68. The van der Waals surface area contributed by atoms with Crippen molar-refractivity contribution in [3.05, 3.63) is 65.0 Å². The predicted octanol–water partition coefficient (Wildman–Crippen LogP) is 4.36. The monoisotopic (exact) mass is 468 g/mol. The lowest BCUT2D eigenvalue weighted by atomic mass is 9.96. The second-order valence-electron chi connectivity index (χ2n) is 8.28. The molecule has 0 atom stereocenters. The van der Waals surface area contributed by atoms with Crippen LogP contribution in [-0.2, 0) is 17.8 Å². The van der Waals surface area contributed by atoms with E-state index in [-0.39, 0.29) is 11.8 Å².